The van der Waals surface area contributed by atoms with Crippen LogP contribution in [0, 0.1) is 5.92 Å². The Hall–Kier alpha value is -6.01. The Morgan fingerprint density at radius 3 is 2.07 bits per heavy atom. The van der Waals surface area contributed by atoms with Crippen LogP contribution in [0.1, 0.15) is 131 Å². The van der Waals surface area contributed by atoms with Crippen molar-refractivity contribution in [3.8, 4) is 0 Å². The number of hydrogen-bond acceptors (Lipinski definition) is 11. The number of amides is 4. The Labute approximate surface area is 421 Å². The SMILES string of the molecule is CC(=O)O.C[C@@H](OCc1ccc(CCCOCCCCCCCOCCCc2ccc3c(c2)n(C)c(=O)n3C2CCC(=O)NC2=O)cc1)[C@H](CCC(N)=O)CC(=O)[C@@H]1Cc2cccc3c2N1C(=O)[C@@H](N)CC3. The quantitative estimate of drug-likeness (QED) is 0.0401. The number of ether oxygens (including phenoxy) is 3. The fourth-order valence-electron chi connectivity index (χ4n) is 9.99. The van der Waals surface area contributed by atoms with E-state index in [9.17, 15) is 28.8 Å². The molecule has 1 saturated heterocycles. The maximum Gasteiger partial charge on any atom is 0.329 e. The summed E-state index contributed by atoms with van der Waals surface area (Å²) in [5, 5.41) is 9.77. The van der Waals surface area contributed by atoms with Crippen molar-refractivity contribution >= 4 is 52.1 Å². The lowest BCUT2D eigenvalue weighted by Gasteiger charge is -2.29. The van der Waals surface area contributed by atoms with Gasteiger partial charge in [0, 0.05) is 66.1 Å². The third kappa shape index (κ3) is 15.3. The first-order chi connectivity index (χ1) is 34.6. The Morgan fingerprint density at radius 2 is 1.40 bits per heavy atom. The van der Waals surface area contributed by atoms with Gasteiger partial charge in [-0.1, -0.05) is 67.8 Å². The topological polar surface area (TPSA) is 245 Å². The lowest BCUT2D eigenvalue weighted by molar-refractivity contribution is -0.136. The van der Waals surface area contributed by atoms with E-state index in [4.69, 9.17) is 35.6 Å². The van der Waals surface area contributed by atoms with Crippen LogP contribution in [0.15, 0.2) is 65.5 Å². The van der Waals surface area contributed by atoms with Crippen molar-refractivity contribution in [3.05, 3.63) is 99.0 Å². The molecule has 6 N–H and O–H groups in total. The molecule has 1 aromatic heterocycles. The first-order valence-corrected chi connectivity index (χ1v) is 25.7. The highest BCUT2D eigenvalue weighted by Gasteiger charge is 2.43. The molecule has 0 saturated carbocycles. The fourth-order valence-corrected chi connectivity index (χ4v) is 9.99. The van der Waals surface area contributed by atoms with Crippen molar-refractivity contribution in [3.63, 3.8) is 0 Å². The van der Waals surface area contributed by atoms with E-state index < -0.39 is 35.9 Å². The zero-order valence-corrected chi connectivity index (χ0v) is 42.2. The van der Waals surface area contributed by atoms with Crippen molar-refractivity contribution in [2.75, 3.05) is 31.3 Å². The Balaban J connectivity index is 0.00000204. The van der Waals surface area contributed by atoms with E-state index in [2.05, 4.69) is 29.6 Å². The summed E-state index contributed by atoms with van der Waals surface area (Å²) in [6.07, 6.45) is 11.7. The number of anilines is 1. The molecule has 17 heteroatoms. The number of ketones is 1. The summed E-state index contributed by atoms with van der Waals surface area (Å²) in [5.74, 6) is -2.49. The van der Waals surface area contributed by atoms with Gasteiger partial charge in [0.05, 0.1) is 41.5 Å². The molecule has 3 aliphatic heterocycles. The van der Waals surface area contributed by atoms with E-state index in [0.29, 0.717) is 50.8 Å². The maximum atomic E-state index is 14.0. The third-order valence-corrected chi connectivity index (χ3v) is 14.0. The lowest BCUT2D eigenvalue weighted by atomic mass is 9.89. The van der Waals surface area contributed by atoms with E-state index >= 15 is 0 Å². The molecule has 7 rings (SSSR count). The van der Waals surface area contributed by atoms with E-state index in [1.54, 1.807) is 16.5 Å². The number of nitrogens with two attached hydrogens (primary N) is 2. The number of carboxylic acids is 1. The van der Waals surface area contributed by atoms with Crippen molar-refractivity contribution < 1.29 is 48.1 Å². The number of para-hydroxylation sites is 1. The van der Waals surface area contributed by atoms with Crippen LogP contribution in [-0.2, 0) is 82.3 Å². The Kier molecular flexibility index (Phi) is 20.9. The standard InChI is InChI=1S/C53H70N6O9.C2H4O2/c1-35(40(21-25-48(55)61)33-47(60)46-32-41-14-8-13-39-20-22-42(54)52(64)59(46)50(39)41)68-34-38-17-15-36(16-18-38)11-9-29-66-27-6-4-3-5-7-28-67-30-10-12-37-19-23-43-45(31-37)57(2)53(65)58(43)44-24-26-49(62)56-51(44)63;1-2(3)4/h8,13-19,23,31,35,40,42,44,46H,3-7,9-12,20-22,24-30,32-34,54H2,1-2H3,(H2,55,61)(H,56,62,63);1H3,(H,3,4)/t35-,40-,42+,44?,46+;/m1./s1. The summed E-state index contributed by atoms with van der Waals surface area (Å²) in [7, 11) is 1.71. The number of carboxylic acid groups (broad SMARTS) is 1. The van der Waals surface area contributed by atoms with Crippen molar-refractivity contribution in [1.29, 1.82) is 0 Å². The van der Waals surface area contributed by atoms with Crippen molar-refractivity contribution in [2.24, 2.45) is 24.4 Å². The van der Waals surface area contributed by atoms with E-state index in [-0.39, 0.29) is 54.6 Å². The summed E-state index contributed by atoms with van der Waals surface area (Å²) < 4.78 is 21.2. The molecule has 0 radical (unpaired) electrons. The zero-order chi connectivity index (χ0) is 51.7. The van der Waals surface area contributed by atoms with Crippen LogP contribution in [0.25, 0.3) is 11.0 Å². The molecule has 3 aromatic carbocycles. The molecule has 72 heavy (non-hydrogen) atoms. The number of primary amides is 1. The van der Waals surface area contributed by atoms with Crippen LogP contribution < -0.4 is 27.4 Å². The average Bonchev–Trinajstić information content (AvgIpc) is 3.82. The van der Waals surface area contributed by atoms with Gasteiger partial charge in [-0.3, -0.25) is 48.1 Å². The summed E-state index contributed by atoms with van der Waals surface area (Å²) in [5.41, 5.74) is 19.3. The van der Waals surface area contributed by atoms with E-state index in [1.165, 1.54) is 10.1 Å². The number of unbranched alkanes of at least 4 members (excludes halogenated alkanes) is 4. The fraction of sp³-hybridized carbons (Fsp3) is 0.545. The highest BCUT2D eigenvalue weighted by Crippen LogP contribution is 2.40. The predicted octanol–water partition coefficient (Wildman–Crippen LogP) is 5.94. The molecule has 3 aliphatic rings. The largest absolute Gasteiger partial charge is 0.481 e. The molecule has 390 valence electrons. The highest BCUT2D eigenvalue weighted by molar-refractivity contribution is 6.07. The molecular formula is C55H74N6O11. The minimum absolute atomic E-state index is 0.0522. The van der Waals surface area contributed by atoms with E-state index in [0.717, 1.165) is 118 Å². The number of carbonyl (C=O) groups is 6. The van der Waals surface area contributed by atoms with Gasteiger partial charge in [0.25, 0.3) is 5.97 Å². The molecule has 17 nitrogen and oxygen atoms in total. The second kappa shape index (κ2) is 27.2. The lowest BCUT2D eigenvalue weighted by Crippen LogP contribution is -2.50. The van der Waals surface area contributed by atoms with Crippen molar-refractivity contribution in [1.82, 2.24) is 14.5 Å². The number of imide groups is 1. The van der Waals surface area contributed by atoms with Gasteiger partial charge < -0.3 is 30.8 Å². The number of nitrogens with zero attached hydrogens (tertiary/aromatic N) is 3. The predicted molar refractivity (Wildman–Crippen MR) is 273 cm³/mol. The summed E-state index contributed by atoms with van der Waals surface area (Å²) >= 11 is 0. The molecular weight excluding hydrogens is 921 g/mol. The molecule has 0 spiro atoms. The van der Waals surface area contributed by atoms with E-state index in [1.807, 2.05) is 43.3 Å². The van der Waals surface area contributed by atoms with Crippen LogP contribution in [0.4, 0.5) is 5.69 Å². The smallest absolute Gasteiger partial charge is 0.329 e. The van der Waals surface area contributed by atoms with Crippen LogP contribution in [0.2, 0.25) is 0 Å². The molecule has 1 fully saturated rings. The number of aryl methyl sites for hydroxylation is 4. The highest BCUT2D eigenvalue weighted by atomic mass is 16.5. The number of benzene rings is 3. The number of aromatic nitrogens is 2. The molecule has 1 unspecified atom stereocenters. The van der Waals surface area contributed by atoms with Crippen LogP contribution in [0.3, 0.4) is 0 Å². The number of hydrogen-bond donors (Lipinski definition) is 4. The van der Waals surface area contributed by atoms with Crippen LogP contribution in [0.5, 0.6) is 0 Å². The minimum atomic E-state index is -0.833. The number of rotatable bonds is 27. The van der Waals surface area contributed by atoms with Gasteiger partial charge >= 0.3 is 5.69 Å². The van der Waals surface area contributed by atoms with Gasteiger partial charge in [0.1, 0.15) is 6.04 Å². The second-order valence-corrected chi connectivity index (χ2v) is 19.5. The first-order valence-electron chi connectivity index (χ1n) is 25.7. The molecule has 4 amide bonds. The van der Waals surface area contributed by atoms with Gasteiger partial charge in [-0.15, -0.1) is 0 Å². The second-order valence-electron chi connectivity index (χ2n) is 19.5. The Morgan fingerprint density at radius 1 is 0.792 bits per heavy atom. The van der Waals surface area contributed by atoms with Gasteiger partial charge in [0.15, 0.2) is 5.78 Å². The number of aliphatic carboxylic acids is 1. The van der Waals surface area contributed by atoms with Crippen LogP contribution in [-0.4, -0.2) is 94.2 Å². The number of imidazole rings is 1. The van der Waals surface area contributed by atoms with Gasteiger partial charge in [-0.2, -0.15) is 0 Å². The van der Waals surface area contributed by atoms with Crippen LogP contribution >= 0.6 is 0 Å². The van der Waals surface area contributed by atoms with Gasteiger partial charge in [0.2, 0.25) is 23.6 Å². The summed E-state index contributed by atoms with van der Waals surface area (Å²) in [6.45, 7) is 6.28. The number of Topliss-reactive ketones (excluding diaryl/α,β-unsaturated/α-hetero) is 1. The third-order valence-electron chi connectivity index (χ3n) is 14.0. The minimum Gasteiger partial charge on any atom is -0.481 e. The zero-order valence-electron chi connectivity index (χ0n) is 42.2. The Bertz CT molecular complexity index is 2570. The summed E-state index contributed by atoms with van der Waals surface area (Å²) in [4.78, 5) is 86.9. The number of nitrogens with one attached hydrogen (secondary N) is 1. The number of fused-ring (bicyclic) bond motifs is 1. The van der Waals surface area contributed by atoms with Gasteiger partial charge in [-0.05, 0) is 117 Å². The number of piperidine rings is 1. The number of carbonyl (C=O) groups excluding carboxylic acids is 5. The maximum absolute atomic E-state index is 14.0. The monoisotopic (exact) mass is 995 g/mol. The normalized spacial score (nSPS) is 18.2. The molecule has 4 aromatic rings. The molecule has 0 aliphatic carbocycles. The molecule has 4 heterocycles. The first kappa shape index (κ1) is 55.3. The average molecular weight is 995 g/mol. The van der Waals surface area contributed by atoms with Gasteiger partial charge in [-0.25, -0.2) is 4.79 Å². The molecule has 5 atom stereocenters. The summed E-state index contributed by atoms with van der Waals surface area (Å²) in [6, 6.07) is 18.3. The molecule has 0 bridgehead atoms. The van der Waals surface area contributed by atoms with Crippen molar-refractivity contribution in [2.45, 2.75) is 154 Å².